The van der Waals surface area contributed by atoms with E-state index in [1.807, 2.05) is 0 Å². The highest BCUT2D eigenvalue weighted by atomic mass is 16.5. The third kappa shape index (κ3) is 6.49. The zero-order chi connectivity index (χ0) is 17.0. The van der Waals surface area contributed by atoms with Crippen LogP contribution in [0, 0.1) is 0 Å². The Kier molecular flexibility index (Phi) is 8.63. The minimum atomic E-state index is 0.289. The normalized spacial score (nSPS) is 17.9. The number of nitrogens with zero attached hydrogens (tertiary/aromatic N) is 1. The van der Waals surface area contributed by atoms with Gasteiger partial charge in [-0.2, -0.15) is 0 Å². The van der Waals surface area contributed by atoms with Crippen LogP contribution >= 0.6 is 0 Å². The molecule has 1 aliphatic heterocycles. The average molecular weight is 333 g/mol. The van der Waals surface area contributed by atoms with Gasteiger partial charge in [-0.1, -0.05) is 31.2 Å². The highest BCUT2D eigenvalue weighted by Crippen LogP contribution is 2.10. The molecule has 24 heavy (non-hydrogen) atoms. The Bertz CT molecular complexity index is 499. The van der Waals surface area contributed by atoms with Gasteiger partial charge in [0.1, 0.15) is 0 Å². The van der Waals surface area contributed by atoms with Crippen LogP contribution in [0.5, 0.6) is 0 Å². The van der Waals surface area contributed by atoms with Crippen molar-refractivity contribution >= 4 is 5.96 Å². The summed E-state index contributed by atoms with van der Waals surface area (Å²) in [6.07, 6.45) is 3.32. The van der Waals surface area contributed by atoms with Gasteiger partial charge in [-0.25, -0.2) is 4.99 Å². The van der Waals surface area contributed by atoms with Gasteiger partial charge in [0.25, 0.3) is 0 Å². The molecule has 134 valence electrons. The summed E-state index contributed by atoms with van der Waals surface area (Å²) in [5.41, 5.74) is 2.66. The van der Waals surface area contributed by atoms with Crippen molar-refractivity contribution in [1.29, 1.82) is 0 Å². The van der Waals surface area contributed by atoms with E-state index in [0.717, 1.165) is 58.1 Å². The van der Waals surface area contributed by atoms with Crippen molar-refractivity contribution in [3.8, 4) is 0 Å². The van der Waals surface area contributed by atoms with E-state index >= 15 is 0 Å². The largest absolute Gasteiger partial charge is 0.379 e. The number of ether oxygens (including phenoxy) is 2. The van der Waals surface area contributed by atoms with Gasteiger partial charge >= 0.3 is 0 Å². The van der Waals surface area contributed by atoms with Gasteiger partial charge in [-0.15, -0.1) is 0 Å². The maximum atomic E-state index is 5.78. The zero-order valence-corrected chi connectivity index (χ0v) is 15.0. The number of guanidine groups is 1. The zero-order valence-electron chi connectivity index (χ0n) is 15.0. The molecule has 2 N–H and O–H groups in total. The van der Waals surface area contributed by atoms with Crippen molar-refractivity contribution in [3.63, 3.8) is 0 Å². The van der Waals surface area contributed by atoms with Gasteiger partial charge in [-0.05, 0) is 37.3 Å². The first-order chi connectivity index (χ1) is 11.8. The number of aryl methyl sites for hydroxylation is 1. The fraction of sp³-hybridized carbons (Fsp3) is 0.632. The molecule has 0 amide bonds. The number of hydrogen-bond acceptors (Lipinski definition) is 3. The van der Waals surface area contributed by atoms with Crippen LogP contribution in [0.25, 0.3) is 0 Å². The van der Waals surface area contributed by atoms with Crippen molar-refractivity contribution in [1.82, 2.24) is 10.6 Å². The number of hydrogen-bond donors (Lipinski definition) is 2. The highest BCUT2D eigenvalue weighted by Gasteiger charge is 2.15. The summed E-state index contributed by atoms with van der Waals surface area (Å²) in [4.78, 5) is 4.70. The molecule has 1 heterocycles. The molecular formula is C19H31N3O2. The first-order valence-corrected chi connectivity index (χ1v) is 9.11. The summed E-state index contributed by atoms with van der Waals surface area (Å²) < 4.78 is 11.1. The van der Waals surface area contributed by atoms with Crippen LogP contribution < -0.4 is 10.6 Å². The molecule has 2 rings (SSSR count). The lowest BCUT2D eigenvalue weighted by Gasteiger charge is -2.13. The van der Waals surface area contributed by atoms with Crippen LogP contribution in [0.1, 0.15) is 37.8 Å². The number of aliphatic imine (C=N–C) groups is 1. The third-order valence-electron chi connectivity index (χ3n) is 4.11. The summed E-state index contributed by atoms with van der Waals surface area (Å²) >= 11 is 0. The SMILES string of the molecule is CCNC(=NCc1ccccc1CC)NCCCOC1CCOC1. The number of nitrogens with one attached hydrogen (secondary N) is 2. The van der Waals surface area contributed by atoms with E-state index in [1.54, 1.807) is 0 Å². The molecule has 1 fully saturated rings. The second kappa shape index (κ2) is 11.0. The summed E-state index contributed by atoms with van der Waals surface area (Å²) in [5, 5.41) is 6.68. The molecule has 0 bridgehead atoms. The number of benzene rings is 1. The monoisotopic (exact) mass is 333 g/mol. The van der Waals surface area contributed by atoms with Crippen molar-refractivity contribution < 1.29 is 9.47 Å². The molecular weight excluding hydrogens is 302 g/mol. The van der Waals surface area contributed by atoms with Crippen LogP contribution in [-0.4, -0.2) is 45.0 Å². The lowest BCUT2D eigenvalue weighted by atomic mass is 10.1. The fourth-order valence-electron chi connectivity index (χ4n) is 2.74. The Morgan fingerprint density at radius 2 is 2.08 bits per heavy atom. The standard InChI is InChI=1S/C19H31N3O2/c1-3-16-8-5-6-9-17(16)14-22-19(20-4-2)21-11-7-12-24-18-10-13-23-15-18/h5-6,8-9,18H,3-4,7,10-15H2,1-2H3,(H2,20,21,22). The van der Waals surface area contributed by atoms with E-state index in [0.29, 0.717) is 6.54 Å². The quantitative estimate of drug-likeness (QED) is 0.414. The average Bonchev–Trinajstić information content (AvgIpc) is 3.13. The predicted octanol–water partition coefficient (Wildman–Crippen LogP) is 2.50. The van der Waals surface area contributed by atoms with Crippen LogP contribution in [0.2, 0.25) is 0 Å². The van der Waals surface area contributed by atoms with Gasteiger partial charge in [0.05, 0.1) is 19.3 Å². The van der Waals surface area contributed by atoms with Crippen molar-refractivity contribution in [2.24, 2.45) is 4.99 Å². The Labute approximate surface area is 145 Å². The molecule has 1 aliphatic rings. The van der Waals surface area contributed by atoms with E-state index in [4.69, 9.17) is 14.5 Å². The van der Waals surface area contributed by atoms with Crippen LogP contribution in [0.15, 0.2) is 29.3 Å². The Hall–Kier alpha value is -1.59. The summed E-state index contributed by atoms with van der Waals surface area (Å²) in [5.74, 6) is 0.868. The molecule has 1 aromatic carbocycles. The van der Waals surface area contributed by atoms with Gasteiger partial charge in [0.15, 0.2) is 5.96 Å². The maximum Gasteiger partial charge on any atom is 0.191 e. The summed E-state index contributed by atoms with van der Waals surface area (Å²) in [6.45, 7) is 9.02. The summed E-state index contributed by atoms with van der Waals surface area (Å²) in [6, 6.07) is 8.50. The molecule has 0 saturated carbocycles. The molecule has 0 aromatic heterocycles. The van der Waals surface area contributed by atoms with Crippen molar-refractivity contribution in [3.05, 3.63) is 35.4 Å². The first-order valence-electron chi connectivity index (χ1n) is 9.11. The summed E-state index contributed by atoms with van der Waals surface area (Å²) in [7, 11) is 0. The lowest BCUT2D eigenvalue weighted by molar-refractivity contribution is 0.0420. The topological polar surface area (TPSA) is 54.9 Å². The van der Waals surface area contributed by atoms with Crippen LogP contribution in [0.3, 0.4) is 0 Å². The van der Waals surface area contributed by atoms with Gasteiger partial charge in [0, 0.05) is 26.3 Å². The molecule has 0 spiro atoms. The van der Waals surface area contributed by atoms with Crippen LogP contribution in [-0.2, 0) is 22.4 Å². The maximum absolute atomic E-state index is 5.78. The molecule has 0 radical (unpaired) electrons. The fourth-order valence-corrected chi connectivity index (χ4v) is 2.74. The molecule has 1 saturated heterocycles. The lowest BCUT2D eigenvalue weighted by Crippen LogP contribution is -2.38. The molecule has 1 aromatic rings. The second-order valence-corrected chi connectivity index (χ2v) is 5.95. The Morgan fingerprint density at radius 1 is 1.25 bits per heavy atom. The van der Waals surface area contributed by atoms with Crippen molar-refractivity contribution in [2.45, 2.75) is 45.8 Å². The molecule has 1 atom stereocenters. The first kappa shape index (κ1) is 18.7. The molecule has 0 aliphatic carbocycles. The predicted molar refractivity (Wildman–Crippen MR) is 98.4 cm³/mol. The van der Waals surface area contributed by atoms with E-state index in [-0.39, 0.29) is 6.10 Å². The van der Waals surface area contributed by atoms with E-state index < -0.39 is 0 Å². The smallest absolute Gasteiger partial charge is 0.191 e. The Balaban J connectivity index is 1.73. The Morgan fingerprint density at radius 3 is 2.79 bits per heavy atom. The van der Waals surface area contributed by atoms with Crippen molar-refractivity contribution in [2.75, 3.05) is 32.9 Å². The molecule has 1 unspecified atom stereocenters. The molecule has 5 nitrogen and oxygen atoms in total. The van der Waals surface area contributed by atoms with E-state index in [9.17, 15) is 0 Å². The highest BCUT2D eigenvalue weighted by molar-refractivity contribution is 5.79. The van der Waals surface area contributed by atoms with E-state index in [1.165, 1.54) is 11.1 Å². The molecule has 5 heteroatoms. The number of rotatable bonds is 9. The minimum Gasteiger partial charge on any atom is -0.379 e. The van der Waals surface area contributed by atoms with Gasteiger partial charge < -0.3 is 20.1 Å². The van der Waals surface area contributed by atoms with Gasteiger partial charge in [-0.3, -0.25) is 0 Å². The second-order valence-electron chi connectivity index (χ2n) is 5.95. The van der Waals surface area contributed by atoms with E-state index in [2.05, 4.69) is 48.7 Å². The van der Waals surface area contributed by atoms with Gasteiger partial charge in [0.2, 0.25) is 0 Å². The van der Waals surface area contributed by atoms with Crippen LogP contribution in [0.4, 0.5) is 0 Å². The minimum absolute atomic E-state index is 0.289. The third-order valence-corrected chi connectivity index (χ3v) is 4.11.